The standard InChI is InChI=1S/C21H16F4NO4/c1-4-14-11(2)7-12-8-18(17(27-3)10-15(12)26-14)28-13-5-6-16-19(9-13)30-21(24,25)20(22,23)29-16/h5-6,8-10H,4H2,1-3H3. The Morgan fingerprint density at radius 2 is 1.70 bits per heavy atom. The van der Waals surface area contributed by atoms with E-state index in [0.717, 1.165) is 29.8 Å². The molecule has 2 heterocycles. The molecule has 0 spiro atoms. The zero-order valence-electron chi connectivity index (χ0n) is 16.2. The summed E-state index contributed by atoms with van der Waals surface area (Å²) in [4.78, 5) is 4.58. The Balaban J connectivity index is 1.71. The molecule has 0 fully saturated rings. The summed E-state index contributed by atoms with van der Waals surface area (Å²) in [5.41, 5.74) is 2.46. The number of methoxy groups -OCH3 is 1. The van der Waals surface area contributed by atoms with Crippen LogP contribution in [0, 0.1) is 13.0 Å². The third-order valence-electron chi connectivity index (χ3n) is 4.59. The number of ether oxygens (including phenoxy) is 4. The van der Waals surface area contributed by atoms with Gasteiger partial charge in [-0.2, -0.15) is 17.6 Å². The Kier molecular flexibility index (Phi) is 4.63. The number of nitrogens with zero attached hydrogens (tertiary/aromatic N) is 1. The first-order chi connectivity index (χ1) is 14.1. The molecule has 1 radical (unpaired) electrons. The summed E-state index contributed by atoms with van der Waals surface area (Å²) < 4.78 is 72.8. The number of hydrogen-bond donors (Lipinski definition) is 0. The highest BCUT2D eigenvalue weighted by atomic mass is 19.3. The highest BCUT2D eigenvalue weighted by Crippen LogP contribution is 2.48. The van der Waals surface area contributed by atoms with E-state index in [1.165, 1.54) is 13.2 Å². The van der Waals surface area contributed by atoms with Gasteiger partial charge in [0.25, 0.3) is 0 Å². The van der Waals surface area contributed by atoms with Crippen LogP contribution in [0.1, 0.15) is 18.2 Å². The Morgan fingerprint density at radius 1 is 1.00 bits per heavy atom. The van der Waals surface area contributed by atoms with Gasteiger partial charge in [0.2, 0.25) is 0 Å². The minimum absolute atomic E-state index is 0.0610. The molecule has 2 aromatic carbocycles. The third kappa shape index (κ3) is 3.34. The number of fused-ring (bicyclic) bond motifs is 2. The van der Waals surface area contributed by atoms with Crippen molar-refractivity contribution in [2.45, 2.75) is 32.5 Å². The van der Waals surface area contributed by atoms with E-state index in [1.807, 2.05) is 13.8 Å². The van der Waals surface area contributed by atoms with Gasteiger partial charge < -0.3 is 18.9 Å². The van der Waals surface area contributed by atoms with Crippen molar-refractivity contribution in [3.63, 3.8) is 0 Å². The molecule has 0 saturated heterocycles. The zero-order chi connectivity index (χ0) is 21.7. The van der Waals surface area contributed by atoms with Gasteiger partial charge in [0.1, 0.15) is 5.75 Å². The lowest BCUT2D eigenvalue weighted by molar-refractivity contribution is -0.391. The van der Waals surface area contributed by atoms with E-state index in [1.54, 1.807) is 12.1 Å². The first-order valence-electron chi connectivity index (χ1n) is 8.99. The molecule has 1 aliphatic rings. The monoisotopic (exact) mass is 422 g/mol. The molecule has 30 heavy (non-hydrogen) atoms. The SMILES string of the molecule is CCc1nc2cc(OC)c(Oc3ccc4c(c3)OC(F)(F)C(F)(F)O4)cc2[c]c1C. The van der Waals surface area contributed by atoms with Gasteiger partial charge in [0.15, 0.2) is 23.0 Å². The van der Waals surface area contributed by atoms with Crippen LogP contribution in [0.5, 0.6) is 28.7 Å². The van der Waals surface area contributed by atoms with Crippen LogP contribution in [-0.2, 0) is 6.42 Å². The largest absolute Gasteiger partial charge is 0.507 e. The number of pyridine rings is 1. The van der Waals surface area contributed by atoms with Crippen molar-refractivity contribution in [1.82, 2.24) is 4.98 Å². The summed E-state index contributed by atoms with van der Waals surface area (Å²) in [7, 11) is 1.44. The molecular formula is C21H16F4NO4. The molecule has 157 valence electrons. The minimum atomic E-state index is -4.81. The molecule has 0 saturated carbocycles. The topological polar surface area (TPSA) is 49.8 Å². The molecule has 0 unspecified atom stereocenters. The maximum atomic E-state index is 13.4. The molecule has 1 aromatic heterocycles. The Morgan fingerprint density at radius 3 is 2.37 bits per heavy atom. The van der Waals surface area contributed by atoms with Gasteiger partial charge in [-0.15, -0.1) is 0 Å². The summed E-state index contributed by atoms with van der Waals surface area (Å²) in [6, 6.07) is 9.94. The smallest absolute Gasteiger partial charge is 0.493 e. The van der Waals surface area contributed by atoms with Gasteiger partial charge in [0, 0.05) is 23.2 Å². The number of aromatic nitrogens is 1. The summed E-state index contributed by atoms with van der Waals surface area (Å²) in [6.45, 7) is 3.89. The Bertz CT molecular complexity index is 1130. The third-order valence-corrected chi connectivity index (χ3v) is 4.59. The number of alkyl halides is 4. The van der Waals surface area contributed by atoms with E-state index in [-0.39, 0.29) is 11.5 Å². The second-order valence-electron chi connectivity index (χ2n) is 6.63. The van der Waals surface area contributed by atoms with Crippen LogP contribution in [0.15, 0.2) is 30.3 Å². The molecule has 0 N–H and O–H groups in total. The van der Waals surface area contributed by atoms with Crippen molar-refractivity contribution in [3.05, 3.63) is 47.7 Å². The van der Waals surface area contributed by atoms with Gasteiger partial charge in [-0.3, -0.25) is 4.98 Å². The van der Waals surface area contributed by atoms with Crippen LogP contribution in [0.3, 0.4) is 0 Å². The van der Waals surface area contributed by atoms with E-state index in [2.05, 4.69) is 20.5 Å². The first-order valence-corrected chi connectivity index (χ1v) is 8.99. The van der Waals surface area contributed by atoms with Crippen molar-refractivity contribution >= 4 is 10.9 Å². The summed E-state index contributed by atoms with van der Waals surface area (Å²) in [6.07, 6.45) is -8.84. The quantitative estimate of drug-likeness (QED) is 0.508. The fourth-order valence-electron chi connectivity index (χ4n) is 3.07. The molecule has 1 aliphatic heterocycles. The second kappa shape index (κ2) is 6.93. The maximum Gasteiger partial charge on any atom is 0.507 e. The number of aryl methyl sites for hydroxylation is 2. The van der Waals surface area contributed by atoms with Crippen LogP contribution in [0.4, 0.5) is 17.6 Å². The summed E-state index contributed by atoms with van der Waals surface area (Å²) >= 11 is 0. The Hall–Kier alpha value is -3.23. The molecule has 0 amide bonds. The maximum absolute atomic E-state index is 13.4. The van der Waals surface area contributed by atoms with Gasteiger partial charge in [-0.1, -0.05) is 6.92 Å². The molecule has 4 rings (SSSR count). The predicted octanol–water partition coefficient (Wildman–Crippen LogP) is 5.66. The van der Waals surface area contributed by atoms with Gasteiger partial charge >= 0.3 is 12.2 Å². The first kappa shape index (κ1) is 20.1. The van der Waals surface area contributed by atoms with E-state index < -0.39 is 23.7 Å². The van der Waals surface area contributed by atoms with E-state index >= 15 is 0 Å². The molecule has 0 aliphatic carbocycles. The minimum Gasteiger partial charge on any atom is -0.493 e. The van der Waals surface area contributed by atoms with Crippen LogP contribution in [0.25, 0.3) is 10.9 Å². The predicted molar refractivity (Wildman–Crippen MR) is 98.9 cm³/mol. The van der Waals surface area contributed by atoms with Gasteiger partial charge in [-0.05, 0) is 43.2 Å². The van der Waals surface area contributed by atoms with Crippen LogP contribution < -0.4 is 18.9 Å². The fourth-order valence-corrected chi connectivity index (χ4v) is 3.07. The van der Waals surface area contributed by atoms with Crippen molar-refractivity contribution in [3.8, 4) is 28.7 Å². The van der Waals surface area contributed by atoms with Crippen LogP contribution >= 0.6 is 0 Å². The molecule has 3 aromatic rings. The second-order valence-corrected chi connectivity index (χ2v) is 6.63. The number of hydrogen-bond acceptors (Lipinski definition) is 5. The average Bonchev–Trinajstić information content (AvgIpc) is 2.67. The van der Waals surface area contributed by atoms with Crippen molar-refractivity contribution in [1.29, 1.82) is 0 Å². The van der Waals surface area contributed by atoms with Crippen molar-refractivity contribution < 1.29 is 36.5 Å². The van der Waals surface area contributed by atoms with Crippen LogP contribution in [-0.4, -0.2) is 24.3 Å². The van der Waals surface area contributed by atoms with Crippen molar-refractivity contribution in [2.24, 2.45) is 0 Å². The van der Waals surface area contributed by atoms with Gasteiger partial charge in [0.05, 0.1) is 12.6 Å². The zero-order valence-corrected chi connectivity index (χ0v) is 16.2. The van der Waals surface area contributed by atoms with E-state index in [0.29, 0.717) is 16.7 Å². The Labute approximate surface area is 169 Å². The van der Waals surface area contributed by atoms with Crippen LogP contribution in [0.2, 0.25) is 0 Å². The average molecular weight is 422 g/mol. The highest BCUT2D eigenvalue weighted by molar-refractivity contribution is 5.83. The van der Waals surface area contributed by atoms with Crippen molar-refractivity contribution in [2.75, 3.05) is 7.11 Å². The fraction of sp³-hybridized carbons (Fsp3) is 0.286. The number of halogens is 4. The van der Waals surface area contributed by atoms with E-state index in [9.17, 15) is 17.6 Å². The molecule has 9 heteroatoms. The normalized spacial score (nSPS) is 16.4. The molecule has 5 nitrogen and oxygen atoms in total. The summed E-state index contributed by atoms with van der Waals surface area (Å²) in [5, 5.41) is 0.671. The number of rotatable bonds is 4. The van der Waals surface area contributed by atoms with E-state index in [4.69, 9.17) is 9.47 Å². The molecule has 0 atom stereocenters. The molecule has 0 bridgehead atoms. The lowest BCUT2D eigenvalue weighted by Gasteiger charge is -2.31. The van der Waals surface area contributed by atoms with Gasteiger partial charge in [-0.25, -0.2) is 0 Å². The molecular weight excluding hydrogens is 406 g/mol. The summed E-state index contributed by atoms with van der Waals surface area (Å²) in [5.74, 6) is -0.420. The lowest BCUT2D eigenvalue weighted by Crippen LogP contribution is -2.52. The number of benzene rings is 2. The lowest BCUT2D eigenvalue weighted by atomic mass is 10.1. The highest BCUT2D eigenvalue weighted by Gasteiger charge is 2.65.